The van der Waals surface area contributed by atoms with Gasteiger partial charge in [-0.2, -0.15) is 0 Å². The monoisotopic (exact) mass is 171 g/mol. The fraction of sp³-hybridized carbons (Fsp3) is 0.889. The van der Waals surface area contributed by atoms with Crippen molar-refractivity contribution < 1.29 is 9.53 Å². The number of carbonyl (C=O) groups excluding carboxylic acids is 1. The molecule has 0 spiro atoms. The van der Waals surface area contributed by atoms with Gasteiger partial charge in [-0.3, -0.25) is 9.69 Å². The number of Topliss-reactive ketones (excluding diaryl/α,β-unsaturated/α-hetero) is 1. The minimum Gasteiger partial charge on any atom is -0.379 e. The van der Waals surface area contributed by atoms with E-state index in [0.29, 0.717) is 12.5 Å². The number of hydrogen-bond donors (Lipinski definition) is 0. The first-order valence-corrected chi connectivity index (χ1v) is 4.51. The molecule has 12 heavy (non-hydrogen) atoms. The van der Waals surface area contributed by atoms with E-state index in [1.807, 2.05) is 0 Å². The number of rotatable bonds is 3. The first kappa shape index (κ1) is 9.68. The molecular weight excluding hydrogens is 154 g/mol. The smallest absolute Gasteiger partial charge is 0.131 e. The SMILES string of the molecule is CC(=O)CCN1CCOCC1C. The van der Waals surface area contributed by atoms with Crippen LogP contribution in [0.15, 0.2) is 0 Å². The largest absolute Gasteiger partial charge is 0.379 e. The van der Waals surface area contributed by atoms with Gasteiger partial charge in [0.2, 0.25) is 0 Å². The van der Waals surface area contributed by atoms with E-state index in [1.54, 1.807) is 6.92 Å². The summed E-state index contributed by atoms with van der Waals surface area (Å²) < 4.78 is 5.29. The molecule has 1 aliphatic rings. The van der Waals surface area contributed by atoms with Crippen molar-refractivity contribution in [2.45, 2.75) is 26.3 Å². The Hall–Kier alpha value is -0.410. The van der Waals surface area contributed by atoms with E-state index in [2.05, 4.69) is 11.8 Å². The first-order valence-electron chi connectivity index (χ1n) is 4.51. The molecule has 70 valence electrons. The average Bonchev–Trinajstić information content (AvgIpc) is 2.03. The van der Waals surface area contributed by atoms with Gasteiger partial charge in [0, 0.05) is 25.6 Å². The van der Waals surface area contributed by atoms with Crippen LogP contribution >= 0.6 is 0 Å². The van der Waals surface area contributed by atoms with E-state index < -0.39 is 0 Å². The minimum absolute atomic E-state index is 0.272. The van der Waals surface area contributed by atoms with Gasteiger partial charge in [0.25, 0.3) is 0 Å². The predicted octanol–water partition coefficient (Wildman–Crippen LogP) is 0.686. The average molecular weight is 171 g/mol. The maximum Gasteiger partial charge on any atom is 0.131 e. The van der Waals surface area contributed by atoms with Gasteiger partial charge in [0.05, 0.1) is 13.2 Å². The molecule has 3 nitrogen and oxygen atoms in total. The van der Waals surface area contributed by atoms with E-state index in [0.717, 1.165) is 26.3 Å². The van der Waals surface area contributed by atoms with Crippen LogP contribution in [0.25, 0.3) is 0 Å². The summed E-state index contributed by atoms with van der Waals surface area (Å²) in [7, 11) is 0. The van der Waals surface area contributed by atoms with E-state index in [-0.39, 0.29) is 5.78 Å². The summed E-state index contributed by atoms with van der Waals surface area (Å²) in [5, 5.41) is 0. The van der Waals surface area contributed by atoms with Gasteiger partial charge in [-0.15, -0.1) is 0 Å². The Balaban J connectivity index is 2.24. The minimum atomic E-state index is 0.272. The molecule has 0 aromatic carbocycles. The number of morpholine rings is 1. The van der Waals surface area contributed by atoms with Crippen LogP contribution in [-0.2, 0) is 9.53 Å². The fourth-order valence-electron chi connectivity index (χ4n) is 1.39. The van der Waals surface area contributed by atoms with Gasteiger partial charge < -0.3 is 4.74 Å². The summed E-state index contributed by atoms with van der Waals surface area (Å²) in [4.78, 5) is 13.0. The third-order valence-corrected chi connectivity index (χ3v) is 2.26. The summed E-state index contributed by atoms with van der Waals surface area (Å²) >= 11 is 0. The third kappa shape index (κ3) is 2.91. The van der Waals surface area contributed by atoms with Gasteiger partial charge in [-0.1, -0.05) is 0 Å². The molecule has 0 aromatic rings. The summed E-state index contributed by atoms with van der Waals surface area (Å²) in [6.45, 7) is 7.25. The van der Waals surface area contributed by atoms with Crippen LogP contribution in [0.4, 0.5) is 0 Å². The van der Waals surface area contributed by atoms with Gasteiger partial charge in [-0.05, 0) is 13.8 Å². The summed E-state index contributed by atoms with van der Waals surface area (Å²) in [5.41, 5.74) is 0. The van der Waals surface area contributed by atoms with Crippen molar-refractivity contribution >= 4 is 5.78 Å². The summed E-state index contributed by atoms with van der Waals surface area (Å²) in [6.07, 6.45) is 0.671. The third-order valence-electron chi connectivity index (χ3n) is 2.26. The molecule has 1 heterocycles. The molecule has 1 atom stereocenters. The standard InChI is InChI=1S/C9H17NO2/c1-8-7-12-6-5-10(8)4-3-9(2)11/h8H,3-7H2,1-2H3. The highest BCUT2D eigenvalue weighted by atomic mass is 16.5. The molecule has 1 unspecified atom stereocenters. The zero-order chi connectivity index (χ0) is 8.97. The number of nitrogens with zero attached hydrogens (tertiary/aromatic N) is 1. The van der Waals surface area contributed by atoms with E-state index in [4.69, 9.17) is 4.74 Å². The molecule has 1 fully saturated rings. The van der Waals surface area contributed by atoms with Crippen LogP contribution in [0.3, 0.4) is 0 Å². The lowest BCUT2D eigenvalue weighted by Gasteiger charge is -2.32. The number of carbonyl (C=O) groups is 1. The van der Waals surface area contributed by atoms with Crippen molar-refractivity contribution in [2.24, 2.45) is 0 Å². The molecule has 1 rings (SSSR count). The van der Waals surface area contributed by atoms with Crippen LogP contribution in [0.5, 0.6) is 0 Å². The lowest BCUT2D eigenvalue weighted by molar-refractivity contribution is -0.117. The summed E-state index contributed by atoms with van der Waals surface area (Å²) in [6, 6.07) is 0.470. The summed E-state index contributed by atoms with van der Waals surface area (Å²) in [5.74, 6) is 0.272. The second-order valence-electron chi connectivity index (χ2n) is 3.41. The molecule has 0 amide bonds. The molecule has 0 radical (unpaired) electrons. The van der Waals surface area contributed by atoms with Crippen molar-refractivity contribution in [3.63, 3.8) is 0 Å². The van der Waals surface area contributed by atoms with Crippen molar-refractivity contribution in [3.05, 3.63) is 0 Å². The number of ether oxygens (including phenoxy) is 1. The van der Waals surface area contributed by atoms with E-state index in [1.165, 1.54) is 0 Å². The van der Waals surface area contributed by atoms with Crippen molar-refractivity contribution in [3.8, 4) is 0 Å². The zero-order valence-corrected chi connectivity index (χ0v) is 7.88. The van der Waals surface area contributed by atoms with Gasteiger partial charge in [-0.25, -0.2) is 0 Å². The highest BCUT2D eigenvalue weighted by Gasteiger charge is 2.18. The van der Waals surface area contributed by atoms with Crippen molar-refractivity contribution in [1.29, 1.82) is 0 Å². The Morgan fingerprint density at radius 1 is 1.67 bits per heavy atom. The lowest BCUT2D eigenvalue weighted by Crippen LogP contribution is -2.44. The van der Waals surface area contributed by atoms with Crippen LogP contribution in [0.2, 0.25) is 0 Å². The van der Waals surface area contributed by atoms with E-state index in [9.17, 15) is 4.79 Å². The first-order chi connectivity index (χ1) is 5.70. The Bertz CT molecular complexity index is 159. The van der Waals surface area contributed by atoms with Crippen LogP contribution in [0.1, 0.15) is 20.3 Å². The van der Waals surface area contributed by atoms with Gasteiger partial charge in [0.1, 0.15) is 5.78 Å². The van der Waals surface area contributed by atoms with E-state index >= 15 is 0 Å². The fourth-order valence-corrected chi connectivity index (χ4v) is 1.39. The highest BCUT2D eigenvalue weighted by Crippen LogP contribution is 2.06. The van der Waals surface area contributed by atoms with Crippen molar-refractivity contribution in [2.75, 3.05) is 26.3 Å². The topological polar surface area (TPSA) is 29.5 Å². The molecule has 0 aliphatic carbocycles. The van der Waals surface area contributed by atoms with Crippen LogP contribution in [0, 0.1) is 0 Å². The maximum atomic E-state index is 10.7. The highest BCUT2D eigenvalue weighted by molar-refractivity contribution is 5.75. The van der Waals surface area contributed by atoms with Crippen LogP contribution < -0.4 is 0 Å². The van der Waals surface area contributed by atoms with Crippen LogP contribution in [-0.4, -0.2) is 43.0 Å². The molecule has 1 saturated heterocycles. The molecule has 0 bridgehead atoms. The molecule has 0 saturated carbocycles. The second-order valence-corrected chi connectivity index (χ2v) is 3.41. The molecule has 0 aromatic heterocycles. The quantitative estimate of drug-likeness (QED) is 0.625. The molecule has 3 heteroatoms. The lowest BCUT2D eigenvalue weighted by atomic mass is 10.2. The second kappa shape index (κ2) is 4.58. The molecule has 0 N–H and O–H groups in total. The normalized spacial score (nSPS) is 25.7. The predicted molar refractivity (Wildman–Crippen MR) is 47.2 cm³/mol. The Kier molecular flexibility index (Phi) is 3.69. The Labute approximate surface area is 73.7 Å². The number of hydrogen-bond acceptors (Lipinski definition) is 3. The Morgan fingerprint density at radius 2 is 2.42 bits per heavy atom. The maximum absolute atomic E-state index is 10.7. The van der Waals surface area contributed by atoms with Crippen molar-refractivity contribution in [1.82, 2.24) is 4.90 Å². The number of ketones is 1. The molecular formula is C9H17NO2. The zero-order valence-electron chi connectivity index (χ0n) is 7.88. The van der Waals surface area contributed by atoms with Gasteiger partial charge in [0.15, 0.2) is 0 Å². The molecule has 1 aliphatic heterocycles. The Morgan fingerprint density at radius 3 is 3.00 bits per heavy atom. The van der Waals surface area contributed by atoms with Gasteiger partial charge >= 0.3 is 0 Å².